The highest BCUT2D eigenvalue weighted by Crippen LogP contribution is 2.15. The smallest absolute Gasteiger partial charge is 0.287 e. The molecule has 0 aliphatic rings. The van der Waals surface area contributed by atoms with Crippen LogP contribution in [-0.4, -0.2) is 23.2 Å². The first-order chi connectivity index (χ1) is 8.34. The van der Waals surface area contributed by atoms with Gasteiger partial charge in [-0.3, -0.25) is 4.79 Å². The Labute approximate surface area is 107 Å². The molecule has 0 spiro atoms. The van der Waals surface area contributed by atoms with Gasteiger partial charge in [-0.2, -0.15) is 0 Å². The molecule has 0 aromatic carbocycles. The standard InChI is InChI=1S/C13H22N2O3/c1-9(2)6-13(3,17)8-15-12(16)11-5-4-10(7-14)18-11/h4-5,9,17H,6-8,14H2,1-3H3,(H,15,16). The van der Waals surface area contributed by atoms with Crippen molar-refractivity contribution in [3.63, 3.8) is 0 Å². The minimum Gasteiger partial charge on any atom is -0.455 e. The van der Waals surface area contributed by atoms with E-state index >= 15 is 0 Å². The van der Waals surface area contributed by atoms with Crippen LogP contribution in [0.3, 0.4) is 0 Å². The van der Waals surface area contributed by atoms with Gasteiger partial charge in [0.2, 0.25) is 0 Å². The first-order valence-corrected chi connectivity index (χ1v) is 6.13. The van der Waals surface area contributed by atoms with Gasteiger partial charge in [0.1, 0.15) is 5.76 Å². The van der Waals surface area contributed by atoms with E-state index < -0.39 is 5.60 Å². The number of hydrogen-bond acceptors (Lipinski definition) is 4. The zero-order chi connectivity index (χ0) is 13.8. The Morgan fingerprint density at radius 1 is 1.56 bits per heavy atom. The van der Waals surface area contributed by atoms with Crippen LogP contribution in [0.2, 0.25) is 0 Å². The van der Waals surface area contributed by atoms with E-state index in [-0.39, 0.29) is 24.8 Å². The minimum absolute atomic E-state index is 0.197. The molecule has 1 atom stereocenters. The van der Waals surface area contributed by atoms with Crippen LogP contribution in [-0.2, 0) is 6.54 Å². The summed E-state index contributed by atoms with van der Waals surface area (Å²) < 4.78 is 5.22. The maximum absolute atomic E-state index is 11.7. The molecule has 18 heavy (non-hydrogen) atoms. The number of furan rings is 1. The Hall–Kier alpha value is -1.33. The number of hydrogen-bond donors (Lipinski definition) is 3. The SMILES string of the molecule is CC(C)CC(C)(O)CNC(=O)c1ccc(CN)o1. The lowest BCUT2D eigenvalue weighted by molar-refractivity contribution is 0.0363. The van der Waals surface area contributed by atoms with Crippen LogP contribution in [0, 0.1) is 5.92 Å². The lowest BCUT2D eigenvalue weighted by Gasteiger charge is -2.25. The molecule has 1 heterocycles. The van der Waals surface area contributed by atoms with Crippen LogP contribution in [0.5, 0.6) is 0 Å². The second-order valence-electron chi connectivity index (χ2n) is 5.25. The molecule has 1 aromatic rings. The van der Waals surface area contributed by atoms with E-state index in [4.69, 9.17) is 10.2 Å². The second kappa shape index (κ2) is 6.02. The van der Waals surface area contributed by atoms with Crippen LogP contribution >= 0.6 is 0 Å². The van der Waals surface area contributed by atoms with E-state index in [1.807, 2.05) is 13.8 Å². The van der Waals surface area contributed by atoms with Crippen molar-refractivity contribution in [2.75, 3.05) is 6.54 Å². The fourth-order valence-corrected chi connectivity index (χ4v) is 1.92. The average molecular weight is 254 g/mol. The molecule has 0 radical (unpaired) electrons. The van der Waals surface area contributed by atoms with Crippen molar-refractivity contribution in [2.45, 2.75) is 39.3 Å². The van der Waals surface area contributed by atoms with Crippen LogP contribution in [0.1, 0.15) is 43.5 Å². The van der Waals surface area contributed by atoms with E-state index in [0.29, 0.717) is 18.1 Å². The largest absolute Gasteiger partial charge is 0.455 e. The third kappa shape index (κ3) is 4.50. The van der Waals surface area contributed by atoms with Crippen molar-refractivity contribution in [2.24, 2.45) is 11.7 Å². The molecular formula is C13H22N2O3. The van der Waals surface area contributed by atoms with Crippen molar-refractivity contribution in [3.05, 3.63) is 23.7 Å². The number of amides is 1. The molecule has 0 fully saturated rings. The van der Waals surface area contributed by atoms with Crippen LogP contribution in [0.15, 0.2) is 16.5 Å². The summed E-state index contributed by atoms with van der Waals surface area (Å²) in [6, 6.07) is 3.25. The van der Waals surface area contributed by atoms with Gasteiger partial charge < -0.3 is 20.6 Å². The third-order valence-electron chi connectivity index (χ3n) is 2.56. The summed E-state index contributed by atoms with van der Waals surface area (Å²) in [6.45, 7) is 6.22. The third-order valence-corrected chi connectivity index (χ3v) is 2.56. The Bertz CT molecular complexity index is 397. The number of carbonyl (C=O) groups is 1. The molecule has 1 amide bonds. The maximum atomic E-state index is 11.7. The normalized spacial score (nSPS) is 14.6. The van der Waals surface area contributed by atoms with Gasteiger partial charge in [-0.1, -0.05) is 13.8 Å². The minimum atomic E-state index is -0.910. The van der Waals surface area contributed by atoms with Crippen molar-refractivity contribution in [1.82, 2.24) is 5.32 Å². The Morgan fingerprint density at radius 2 is 2.22 bits per heavy atom. The van der Waals surface area contributed by atoms with Crippen LogP contribution in [0.4, 0.5) is 0 Å². The van der Waals surface area contributed by atoms with Crippen LogP contribution < -0.4 is 11.1 Å². The molecule has 0 aliphatic carbocycles. The lowest BCUT2D eigenvalue weighted by atomic mass is 9.94. The zero-order valence-electron chi connectivity index (χ0n) is 11.2. The zero-order valence-corrected chi connectivity index (χ0v) is 11.2. The molecule has 0 aliphatic heterocycles. The van der Waals surface area contributed by atoms with Gasteiger partial charge in [0.05, 0.1) is 12.1 Å². The Kier molecular flexibility index (Phi) is 4.93. The number of rotatable bonds is 6. The average Bonchev–Trinajstić information content (AvgIpc) is 2.72. The molecule has 1 aromatic heterocycles. The molecule has 5 nitrogen and oxygen atoms in total. The Balaban J connectivity index is 2.50. The van der Waals surface area contributed by atoms with Gasteiger partial charge in [-0.05, 0) is 31.4 Å². The van der Waals surface area contributed by atoms with E-state index in [9.17, 15) is 9.90 Å². The molecule has 0 saturated carbocycles. The molecule has 0 saturated heterocycles. The number of carbonyl (C=O) groups excluding carboxylic acids is 1. The van der Waals surface area contributed by atoms with E-state index in [1.54, 1.807) is 19.1 Å². The molecule has 5 heteroatoms. The number of nitrogens with two attached hydrogens (primary N) is 1. The van der Waals surface area contributed by atoms with Gasteiger partial charge in [-0.15, -0.1) is 0 Å². The van der Waals surface area contributed by atoms with Gasteiger partial charge in [0, 0.05) is 6.54 Å². The van der Waals surface area contributed by atoms with Crippen molar-refractivity contribution in [1.29, 1.82) is 0 Å². The summed E-state index contributed by atoms with van der Waals surface area (Å²) in [7, 11) is 0. The summed E-state index contributed by atoms with van der Waals surface area (Å²) >= 11 is 0. The number of aliphatic hydroxyl groups is 1. The van der Waals surface area contributed by atoms with Gasteiger partial charge in [0.15, 0.2) is 5.76 Å². The van der Waals surface area contributed by atoms with E-state index in [2.05, 4.69) is 5.32 Å². The second-order valence-corrected chi connectivity index (χ2v) is 5.25. The highest BCUT2D eigenvalue weighted by molar-refractivity contribution is 5.91. The monoisotopic (exact) mass is 254 g/mol. The molecule has 1 rings (SSSR count). The first kappa shape index (κ1) is 14.7. The quantitative estimate of drug-likeness (QED) is 0.713. The molecular weight excluding hydrogens is 232 g/mol. The lowest BCUT2D eigenvalue weighted by Crippen LogP contribution is -2.41. The van der Waals surface area contributed by atoms with Gasteiger partial charge in [0.25, 0.3) is 5.91 Å². The fourth-order valence-electron chi connectivity index (χ4n) is 1.92. The summed E-state index contributed by atoms with van der Waals surface area (Å²) in [4.78, 5) is 11.7. The first-order valence-electron chi connectivity index (χ1n) is 6.13. The topological polar surface area (TPSA) is 88.5 Å². The van der Waals surface area contributed by atoms with E-state index in [1.165, 1.54) is 0 Å². The van der Waals surface area contributed by atoms with Crippen molar-refractivity contribution >= 4 is 5.91 Å². The maximum Gasteiger partial charge on any atom is 0.287 e. The predicted octanol–water partition coefficient (Wildman–Crippen LogP) is 1.27. The molecule has 4 N–H and O–H groups in total. The summed E-state index contributed by atoms with van der Waals surface area (Å²) in [5.41, 5.74) is 4.49. The van der Waals surface area contributed by atoms with Gasteiger partial charge in [-0.25, -0.2) is 0 Å². The highest BCUT2D eigenvalue weighted by atomic mass is 16.4. The summed E-state index contributed by atoms with van der Waals surface area (Å²) in [5.74, 6) is 0.813. The summed E-state index contributed by atoms with van der Waals surface area (Å²) in [5, 5.41) is 12.7. The van der Waals surface area contributed by atoms with Crippen molar-refractivity contribution < 1.29 is 14.3 Å². The van der Waals surface area contributed by atoms with E-state index in [0.717, 1.165) is 0 Å². The highest BCUT2D eigenvalue weighted by Gasteiger charge is 2.23. The molecule has 102 valence electrons. The Morgan fingerprint density at radius 3 is 2.72 bits per heavy atom. The summed E-state index contributed by atoms with van der Waals surface area (Å²) in [6.07, 6.45) is 0.624. The molecule has 0 bridgehead atoms. The fraction of sp³-hybridized carbons (Fsp3) is 0.615. The number of nitrogens with one attached hydrogen (secondary N) is 1. The predicted molar refractivity (Wildman–Crippen MR) is 69.0 cm³/mol. The van der Waals surface area contributed by atoms with Crippen LogP contribution in [0.25, 0.3) is 0 Å². The van der Waals surface area contributed by atoms with Crippen molar-refractivity contribution in [3.8, 4) is 0 Å². The molecule has 1 unspecified atom stereocenters. The van der Waals surface area contributed by atoms with Gasteiger partial charge >= 0.3 is 0 Å².